The van der Waals surface area contributed by atoms with Crippen LogP contribution in [-0.4, -0.2) is 40.6 Å². The van der Waals surface area contributed by atoms with Gasteiger partial charge in [-0.05, 0) is 54.9 Å². The summed E-state index contributed by atoms with van der Waals surface area (Å²) in [7, 11) is 0. The number of amides is 2. The Hall–Kier alpha value is -1.59. The van der Waals surface area contributed by atoms with Gasteiger partial charge in [0.1, 0.15) is 17.5 Å². The Labute approximate surface area is 126 Å². The molecule has 1 atom stereocenters. The summed E-state index contributed by atoms with van der Waals surface area (Å²) in [4.78, 5) is 35.8. The molecule has 0 aliphatic rings. The predicted octanol–water partition coefficient (Wildman–Crippen LogP) is 3.53. The first-order chi connectivity index (χ1) is 9.37. The van der Waals surface area contributed by atoms with E-state index in [1.54, 1.807) is 48.5 Å². The first kappa shape index (κ1) is 19.4. The fourth-order valence-corrected chi connectivity index (χ4v) is 1.49. The molecule has 0 heterocycles. The van der Waals surface area contributed by atoms with Gasteiger partial charge in [-0.25, -0.2) is 14.5 Å². The Balaban J connectivity index is 5.12. The fourth-order valence-electron chi connectivity index (χ4n) is 1.49. The van der Waals surface area contributed by atoms with Crippen molar-refractivity contribution < 1.29 is 23.9 Å². The van der Waals surface area contributed by atoms with Crippen molar-refractivity contribution in [1.29, 1.82) is 0 Å². The number of carbonyl (C=O) groups excluding carboxylic acids is 3. The van der Waals surface area contributed by atoms with Crippen molar-refractivity contribution >= 4 is 18.5 Å². The third kappa shape index (κ3) is 8.32. The molecule has 2 amide bonds. The number of ether oxygens (including phenoxy) is 2. The summed E-state index contributed by atoms with van der Waals surface area (Å²) in [6.07, 6.45) is -0.172. The normalized spacial score (nSPS) is 13.3. The molecule has 0 rings (SSSR count). The molecule has 0 bridgehead atoms. The van der Waals surface area contributed by atoms with Crippen LogP contribution in [0.1, 0.15) is 61.3 Å². The second-order valence-electron chi connectivity index (χ2n) is 6.92. The summed E-state index contributed by atoms with van der Waals surface area (Å²) in [5, 5.41) is 0. The number of imide groups is 1. The van der Waals surface area contributed by atoms with E-state index in [1.165, 1.54) is 0 Å². The van der Waals surface area contributed by atoms with E-state index >= 15 is 0 Å². The van der Waals surface area contributed by atoms with Crippen molar-refractivity contribution in [3.8, 4) is 0 Å². The number of hydrogen-bond acceptors (Lipinski definition) is 5. The summed E-state index contributed by atoms with van der Waals surface area (Å²) in [5.74, 6) is 0. The van der Waals surface area contributed by atoms with Crippen LogP contribution < -0.4 is 0 Å². The topological polar surface area (TPSA) is 72.9 Å². The minimum Gasteiger partial charge on any atom is -0.443 e. The molecule has 0 radical (unpaired) electrons. The average molecular weight is 301 g/mol. The van der Waals surface area contributed by atoms with Crippen LogP contribution in [0, 0.1) is 0 Å². The highest BCUT2D eigenvalue weighted by atomic mass is 16.6. The molecular formula is C15H27NO5. The SMILES string of the molecule is C[C@H](CCC=O)N(C(=O)OC(C)(C)C)C(=O)OC(C)(C)C. The largest absolute Gasteiger partial charge is 0.443 e. The van der Waals surface area contributed by atoms with Crippen LogP contribution in [-0.2, 0) is 14.3 Å². The summed E-state index contributed by atoms with van der Waals surface area (Å²) < 4.78 is 10.5. The highest BCUT2D eigenvalue weighted by Crippen LogP contribution is 2.18. The molecule has 0 aliphatic carbocycles. The van der Waals surface area contributed by atoms with Gasteiger partial charge in [-0.2, -0.15) is 0 Å². The Morgan fingerprint density at radius 3 is 1.67 bits per heavy atom. The molecule has 0 aromatic carbocycles. The van der Waals surface area contributed by atoms with Gasteiger partial charge < -0.3 is 14.3 Å². The van der Waals surface area contributed by atoms with Crippen LogP contribution in [0.15, 0.2) is 0 Å². The minimum atomic E-state index is -0.768. The monoisotopic (exact) mass is 301 g/mol. The second kappa shape index (κ2) is 7.43. The number of rotatable bonds is 4. The lowest BCUT2D eigenvalue weighted by Gasteiger charge is -2.31. The van der Waals surface area contributed by atoms with Crippen LogP contribution in [0.4, 0.5) is 9.59 Å². The van der Waals surface area contributed by atoms with E-state index in [1.807, 2.05) is 0 Å². The van der Waals surface area contributed by atoms with Crippen molar-refractivity contribution in [3.63, 3.8) is 0 Å². The third-order valence-corrected chi connectivity index (χ3v) is 2.32. The van der Waals surface area contributed by atoms with Crippen LogP contribution in [0.5, 0.6) is 0 Å². The Kier molecular flexibility index (Phi) is 6.86. The van der Waals surface area contributed by atoms with Gasteiger partial charge in [0, 0.05) is 12.5 Å². The highest BCUT2D eigenvalue weighted by Gasteiger charge is 2.34. The number of carbonyl (C=O) groups is 3. The molecule has 0 aliphatic heterocycles. The summed E-state index contributed by atoms with van der Waals surface area (Å²) in [6, 6.07) is -0.486. The zero-order chi connectivity index (χ0) is 16.8. The molecule has 122 valence electrons. The molecule has 0 fully saturated rings. The maximum absolute atomic E-state index is 12.2. The van der Waals surface area contributed by atoms with Gasteiger partial charge >= 0.3 is 12.2 Å². The third-order valence-electron chi connectivity index (χ3n) is 2.32. The Morgan fingerprint density at radius 2 is 1.38 bits per heavy atom. The molecule has 0 N–H and O–H groups in total. The quantitative estimate of drug-likeness (QED) is 0.743. The van der Waals surface area contributed by atoms with E-state index in [0.717, 1.165) is 11.2 Å². The van der Waals surface area contributed by atoms with Crippen molar-refractivity contribution in [2.45, 2.75) is 78.6 Å². The van der Waals surface area contributed by atoms with Crippen molar-refractivity contribution in [1.82, 2.24) is 4.90 Å². The summed E-state index contributed by atoms with van der Waals surface area (Å²) in [6.45, 7) is 12.0. The fraction of sp³-hybridized carbons (Fsp3) is 0.800. The van der Waals surface area contributed by atoms with Gasteiger partial charge in [0.15, 0.2) is 0 Å². The Morgan fingerprint density at radius 1 is 1.00 bits per heavy atom. The van der Waals surface area contributed by atoms with Gasteiger partial charge in [-0.3, -0.25) is 0 Å². The van der Waals surface area contributed by atoms with Gasteiger partial charge in [-0.1, -0.05) is 0 Å². The first-order valence-electron chi connectivity index (χ1n) is 7.06. The smallest absolute Gasteiger partial charge is 0.420 e. The molecule has 0 spiro atoms. The van der Waals surface area contributed by atoms with E-state index in [4.69, 9.17) is 9.47 Å². The molecule has 6 nitrogen and oxygen atoms in total. The van der Waals surface area contributed by atoms with Gasteiger partial charge in [-0.15, -0.1) is 0 Å². The first-order valence-corrected chi connectivity index (χ1v) is 7.06. The van der Waals surface area contributed by atoms with Crippen LogP contribution in [0.2, 0.25) is 0 Å². The lowest BCUT2D eigenvalue weighted by Crippen LogP contribution is -2.48. The summed E-state index contributed by atoms with van der Waals surface area (Å²) >= 11 is 0. The standard InChI is InChI=1S/C15H27NO5/c1-11(9-8-10-17)16(12(18)20-14(2,3)4)13(19)21-15(5,6)7/h10-11H,8-9H2,1-7H3/t11-/m1/s1. The molecule has 0 saturated carbocycles. The van der Waals surface area contributed by atoms with Crippen LogP contribution in [0.25, 0.3) is 0 Å². The van der Waals surface area contributed by atoms with E-state index in [-0.39, 0.29) is 6.42 Å². The van der Waals surface area contributed by atoms with Gasteiger partial charge in [0.25, 0.3) is 0 Å². The van der Waals surface area contributed by atoms with Gasteiger partial charge in [0.2, 0.25) is 0 Å². The molecule has 0 aromatic rings. The molecular weight excluding hydrogens is 274 g/mol. The Bertz CT molecular complexity index is 351. The average Bonchev–Trinajstić information content (AvgIpc) is 2.21. The lowest BCUT2D eigenvalue weighted by molar-refractivity contribution is -0.108. The number of nitrogens with zero attached hydrogens (tertiary/aromatic N) is 1. The zero-order valence-corrected chi connectivity index (χ0v) is 14.1. The predicted molar refractivity (Wildman–Crippen MR) is 79.1 cm³/mol. The minimum absolute atomic E-state index is 0.253. The maximum atomic E-state index is 12.2. The van der Waals surface area contributed by atoms with Gasteiger partial charge in [0.05, 0.1) is 0 Å². The number of hydrogen-bond donors (Lipinski definition) is 0. The van der Waals surface area contributed by atoms with Crippen LogP contribution in [0.3, 0.4) is 0 Å². The molecule has 0 aromatic heterocycles. The van der Waals surface area contributed by atoms with Crippen LogP contribution >= 0.6 is 0 Å². The molecule has 6 heteroatoms. The summed E-state index contributed by atoms with van der Waals surface area (Å²) in [5.41, 5.74) is -1.44. The molecule has 21 heavy (non-hydrogen) atoms. The van der Waals surface area contributed by atoms with E-state index in [2.05, 4.69) is 0 Å². The molecule has 0 unspecified atom stereocenters. The second-order valence-corrected chi connectivity index (χ2v) is 6.92. The molecule has 0 saturated heterocycles. The maximum Gasteiger partial charge on any atom is 0.420 e. The van der Waals surface area contributed by atoms with Crippen molar-refractivity contribution in [2.75, 3.05) is 0 Å². The zero-order valence-electron chi connectivity index (χ0n) is 14.1. The van der Waals surface area contributed by atoms with E-state index < -0.39 is 29.4 Å². The van der Waals surface area contributed by atoms with Crippen molar-refractivity contribution in [3.05, 3.63) is 0 Å². The van der Waals surface area contributed by atoms with Crippen molar-refractivity contribution in [2.24, 2.45) is 0 Å². The highest BCUT2D eigenvalue weighted by molar-refractivity contribution is 5.88. The lowest BCUT2D eigenvalue weighted by atomic mass is 10.1. The van der Waals surface area contributed by atoms with E-state index in [0.29, 0.717) is 6.42 Å². The number of aldehydes is 1. The van der Waals surface area contributed by atoms with E-state index in [9.17, 15) is 14.4 Å².